The maximum absolute atomic E-state index is 10.7. The molecule has 8 nitrogen and oxygen atoms in total. The fourth-order valence-corrected chi connectivity index (χ4v) is 3.53. The van der Waals surface area contributed by atoms with E-state index in [1.54, 1.807) is 0 Å². The number of nitrogens with one attached hydrogen (secondary N) is 2. The molecular formula is C21H34N6O2. The normalized spacial score (nSPS) is 18.0. The van der Waals surface area contributed by atoms with Crippen molar-refractivity contribution in [2.75, 3.05) is 52.5 Å². The highest BCUT2D eigenvalue weighted by Crippen LogP contribution is 2.12. The molecule has 0 saturated carbocycles. The molecule has 1 aromatic carbocycles. The number of nitrogens with zero attached hydrogens (tertiary/aromatic N) is 4. The van der Waals surface area contributed by atoms with Gasteiger partial charge in [0.15, 0.2) is 5.96 Å². The summed E-state index contributed by atoms with van der Waals surface area (Å²) >= 11 is 0. The van der Waals surface area contributed by atoms with Gasteiger partial charge in [0.25, 0.3) is 0 Å². The molecule has 3 rings (SSSR count). The number of aryl methyl sites for hydroxylation is 1. The predicted molar refractivity (Wildman–Crippen MR) is 116 cm³/mol. The molecule has 29 heavy (non-hydrogen) atoms. The van der Waals surface area contributed by atoms with E-state index in [4.69, 9.17) is 4.74 Å². The van der Waals surface area contributed by atoms with Gasteiger partial charge < -0.3 is 25.0 Å². The highest BCUT2D eigenvalue weighted by Gasteiger charge is 2.25. The van der Waals surface area contributed by atoms with E-state index in [-0.39, 0.29) is 0 Å². The standard InChI is InChI=1S/C21H34N6O2/c1-3-22-20(24-15-21(2,28)16-26-11-13-29-14-12-26)23-9-6-10-27-17-25-18-7-4-5-8-19(18)27/h4-5,7-8,17,28H,3,6,9-16H2,1-2H3,(H2,22,23,24). The van der Waals surface area contributed by atoms with Crippen LogP contribution in [0.25, 0.3) is 11.0 Å². The summed E-state index contributed by atoms with van der Waals surface area (Å²) in [6.07, 6.45) is 2.85. The summed E-state index contributed by atoms with van der Waals surface area (Å²) in [5, 5.41) is 17.4. The Morgan fingerprint density at radius 1 is 1.28 bits per heavy atom. The van der Waals surface area contributed by atoms with E-state index in [2.05, 4.69) is 36.1 Å². The number of imidazole rings is 1. The maximum Gasteiger partial charge on any atom is 0.191 e. The summed E-state index contributed by atoms with van der Waals surface area (Å²) in [6.45, 7) is 10.5. The van der Waals surface area contributed by atoms with E-state index in [1.807, 2.05) is 38.4 Å². The van der Waals surface area contributed by atoms with Crippen LogP contribution in [0, 0.1) is 0 Å². The van der Waals surface area contributed by atoms with Crippen LogP contribution < -0.4 is 10.6 Å². The molecule has 1 saturated heterocycles. The zero-order valence-electron chi connectivity index (χ0n) is 17.6. The largest absolute Gasteiger partial charge is 0.387 e. The van der Waals surface area contributed by atoms with Gasteiger partial charge in [-0.05, 0) is 32.4 Å². The molecule has 2 aromatic rings. The van der Waals surface area contributed by atoms with Crippen LogP contribution in [-0.2, 0) is 11.3 Å². The predicted octanol–water partition coefficient (Wildman–Crippen LogP) is 1.06. The quantitative estimate of drug-likeness (QED) is 0.330. The number of aliphatic imine (C=N–C) groups is 1. The van der Waals surface area contributed by atoms with Crippen molar-refractivity contribution in [1.82, 2.24) is 25.1 Å². The number of hydrogen-bond donors (Lipinski definition) is 3. The van der Waals surface area contributed by atoms with Gasteiger partial charge in [-0.2, -0.15) is 0 Å². The Morgan fingerprint density at radius 3 is 2.86 bits per heavy atom. The molecule has 1 unspecified atom stereocenters. The number of para-hydroxylation sites is 2. The lowest BCUT2D eigenvalue weighted by Gasteiger charge is -2.33. The molecule has 1 atom stereocenters. The van der Waals surface area contributed by atoms with E-state index >= 15 is 0 Å². The first-order valence-electron chi connectivity index (χ1n) is 10.5. The van der Waals surface area contributed by atoms with Crippen molar-refractivity contribution in [3.8, 4) is 0 Å². The fraction of sp³-hybridized carbons (Fsp3) is 0.619. The van der Waals surface area contributed by atoms with Crippen molar-refractivity contribution in [1.29, 1.82) is 0 Å². The van der Waals surface area contributed by atoms with Gasteiger partial charge in [0.2, 0.25) is 0 Å². The highest BCUT2D eigenvalue weighted by molar-refractivity contribution is 5.79. The number of ether oxygens (including phenoxy) is 1. The minimum atomic E-state index is -0.866. The molecule has 1 fully saturated rings. The van der Waals surface area contributed by atoms with Crippen LogP contribution in [0.4, 0.5) is 0 Å². The van der Waals surface area contributed by atoms with E-state index < -0.39 is 5.60 Å². The third-order valence-corrected chi connectivity index (χ3v) is 4.99. The Balaban J connectivity index is 1.45. The van der Waals surface area contributed by atoms with Crippen LogP contribution in [0.2, 0.25) is 0 Å². The second-order valence-electron chi connectivity index (χ2n) is 7.79. The Kier molecular flexibility index (Phi) is 7.85. The van der Waals surface area contributed by atoms with Crippen molar-refractivity contribution in [2.24, 2.45) is 4.99 Å². The number of fused-ring (bicyclic) bond motifs is 1. The van der Waals surface area contributed by atoms with Gasteiger partial charge in [0.05, 0.1) is 42.7 Å². The number of β-amino-alcohol motifs (C(OH)–C–C–N with tert-alkyl or cyclic N) is 1. The van der Waals surface area contributed by atoms with Gasteiger partial charge in [-0.15, -0.1) is 0 Å². The molecule has 3 N–H and O–H groups in total. The van der Waals surface area contributed by atoms with Crippen molar-refractivity contribution < 1.29 is 9.84 Å². The van der Waals surface area contributed by atoms with Crippen molar-refractivity contribution >= 4 is 17.0 Å². The molecule has 0 bridgehead atoms. The second kappa shape index (κ2) is 10.6. The van der Waals surface area contributed by atoms with Crippen molar-refractivity contribution in [3.63, 3.8) is 0 Å². The van der Waals surface area contributed by atoms with Crippen LogP contribution in [-0.4, -0.2) is 83.6 Å². The van der Waals surface area contributed by atoms with Gasteiger partial charge in [0, 0.05) is 39.3 Å². The van der Waals surface area contributed by atoms with Crippen LogP contribution in [0.1, 0.15) is 20.3 Å². The Bertz CT molecular complexity index is 782. The lowest BCUT2D eigenvalue weighted by atomic mass is 10.1. The molecule has 8 heteroatoms. The average Bonchev–Trinajstić information content (AvgIpc) is 3.13. The minimum Gasteiger partial charge on any atom is -0.387 e. The first-order chi connectivity index (χ1) is 14.1. The fourth-order valence-electron chi connectivity index (χ4n) is 3.53. The Labute approximate surface area is 173 Å². The van der Waals surface area contributed by atoms with E-state index in [1.165, 1.54) is 0 Å². The van der Waals surface area contributed by atoms with E-state index in [9.17, 15) is 5.11 Å². The summed E-state index contributed by atoms with van der Waals surface area (Å²) in [5.41, 5.74) is 1.32. The zero-order valence-corrected chi connectivity index (χ0v) is 17.6. The number of aliphatic hydroxyl groups is 1. The highest BCUT2D eigenvalue weighted by atomic mass is 16.5. The first kappa shape index (κ1) is 21.5. The van der Waals surface area contributed by atoms with Gasteiger partial charge in [0.1, 0.15) is 0 Å². The third-order valence-electron chi connectivity index (χ3n) is 4.99. The van der Waals surface area contributed by atoms with Crippen LogP contribution in [0.15, 0.2) is 35.6 Å². The van der Waals surface area contributed by atoms with Gasteiger partial charge in [-0.25, -0.2) is 4.98 Å². The lowest BCUT2D eigenvalue weighted by Crippen LogP contribution is -2.48. The SMILES string of the molecule is CCNC(=NCC(C)(O)CN1CCOCC1)NCCCn1cnc2ccccc21. The second-order valence-corrected chi connectivity index (χ2v) is 7.79. The zero-order chi connectivity index (χ0) is 20.5. The summed E-state index contributed by atoms with van der Waals surface area (Å²) in [7, 11) is 0. The summed E-state index contributed by atoms with van der Waals surface area (Å²) in [6, 6.07) is 8.17. The topological polar surface area (TPSA) is 86.9 Å². The van der Waals surface area contributed by atoms with Gasteiger partial charge in [-0.3, -0.25) is 9.89 Å². The minimum absolute atomic E-state index is 0.353. The number of benzene rings is 1. The summed E-state index contributed by atoms with van der Waals surface area (Å²) in [5.74, 6) is 0.741. The molecule has 0 radical (unpaired) electrons. The summed E-state index contributed by atoms with van der Waals surface area (Å²) in [4.78, 5) is 11.3. The Morgan fingerprint density at radius 2 is 2.07 bits per heavy atom. The molecule has 160 valence electrons. The molecule has 0 spiro atoms. The van der Waals surface area contributed by atoms with Crippen LogP contribution in [0.5, 0.6) is 0 Å². The molecule has 0 aliphatic carbocycles. The third kappa shape index (κ3) is 6.69. The van der Waals surface area contributed by atoms with Crippen LogP contribution >= 0.6 is 0 Å². The maximum atomic E-state index is 10.7. The monoisotopic (exact) mass is 402 g/mol. The molecule has 1 aliphatic heterocycles. The molecule has 2 heterocycles. The van der Waals surface area contributed by atoms with E-state index in [0.717, 1.165) is 69.4 Å². The van der Waals surface area contributed by atoms with Gasteiger partial charge in [-0.1, -0.05) is 12.1 Å². The number of hydrogen-bond acceptors (Lipinski definition) is 5. The molecule has 0 amide bonds. The number of guanidine groups is 1. The molecule has 1 aromatic heterocycles. The van der Waals surface area contributed by atoms with Gasteiger partial charge >= 0.3 is 0 Å². The number of rotatable bonds is 9. The molecule has 1 aliphatic rings. The van der Waals surface area contributed by atoms with Crippen molar-refractivity contribution in [2.45, 2.75) is 32.4 Å². The van der Waals surface area contributed by atoms with Crippen LogP contribution in [0.3, 0.4) is 0 Å². The summed E-state index contributed by atoms with van der Waals surface area (Å²) < 4.78 is 7.55. The number of aromatic nitrogens is 2. The van der Waals surface area contributed by atoms with E-state index in [0.29, 0.717) is 13.1 Å². The average molecular weight is 403 g/mol. The smallest absolute Gasteiger partial charge is 0.191 e. The van der Waals surface area contributed by atoms with Crippen molar-refractivity contribution in [3.05, 3.63) is 30.6 Å². The lowest BCUT2D eigenvalue weighted by molar-refractivity contribution is -0.0179. The first-order valence-corrected chi connectivity index (χ1v) is 10.5. The Hall–Kier alpha value is -2.16. The molecular weight excluding hydrogens is 368 g/mol. The number of morpholine rings is 1.